The van der Waals surface area contributed by atoms with Gasteiger partial charge in [-0.1, -0.05) is 59.7 Å². The Kier molecular flexibility index (Phi) is 5.42. The highest BCUT2D eigenvalue weighted by Gasteiger charge is 2.29. The van der Waals surface area contributed by atoms with Crippen LogP contribution in [0.3, 0.4) is 0 Å². The second-order valence-corrected chi connectivity index (χ2v) is 5.64. The Bertz CT molecular complexity index is 596. The molecule has 2 aromatic carbocycles. The van der Waals surface area contributed by atoms with E-state index in [4.69, 9.17) is 0 Å². The molecule has 0 aliphatic carbocycles. The summed E-state index contributed by atoms with van der Waals surface area (Å²) in [7, 11) is 0. The number of carbonyl (C=O) groups is 1. The zero-order valence-corrected chi connectivity index (χ0v) is 12.9. The molecule has 116 valence electrons. The van der Waals surface area contributed by atoms with Crippen LogP contribution in [0.2, 0.25) is 0 Å². The van der Waals surface area contributed by atoms with Crippen LogP contribution in [0.25, 0.3) is 0 Å². The van der Waals surface area contributed by atoms with Gasteiger partial charge in [-0.05, 0) is 25.0 Å². The zero-order chi connectivity index (χ0) is 16.1. The van der Waals surface area contributed by atoms with Crippen molar-refractivity contribution in [2.45, 2.75) is 25.7 Å². The summed E-state index contributed by atoms with van der Waals surface area (Å²) in [5.41, 5.74) is 3.13. The molecule has 2 unspecified atom stereocenters. The Balaban J connectivity index is 2.33. The average Bonchev–Trinajstić information content (AvgIpc) is 2.49. The first-order valence-electron chi connectivity index (χ1n) is 7.35. The lowest BCUT2D eigenvalue weighted by Gasteiger charge is -2.20. The van der Waals surface area contributed by atoms with Crippen LogP contribution in [0.4, 0.5) is 8.78 Å². The molecule has 2 atom stereocenters. The van der Waals surface area contributed by atoms with Crippen molar-refractivity contribution in [3.8, 4) is 0 Å². The Morgan fingerprint density at radius 3 is 1.59 bits per heavy atom. The van der Waals surface area contributed by atoms with Gasteiger partial charge >= 0.3 is 0 Å². The van der Waals surface area contributed by atoms with Crippen molar-refractivity contribution in [3.63, 3.8) is 0 Å². The predicted octanol–water partition coefficient (Wildman–Crippen LogP) is 4.68. The lowest BCUT2D eigenvalue weighted by Crippen LogP contribution is -2.24. The summed E-state index contributed by atoms with van der Waals surface area (Å²) >= 11 is 0. The maximum absolute atomic E-state index is 13.5. The molecular weight excluding hydrogens is 282 g/mol. The molecule has 22 heavy (non-hydrogen) atoms. The van der Waals surface area contributed by atoms with E-state index in [1.165, 1.54) is 0 Å². The highest BCUT2D eigenvalue weighted by Crippen LogP contribution is 2.28. The van der Waals surface area contributed by atoms with Crippen LogP contribution in [0.15, 0.2) is 48.5 Å². The molecule has 0 aliphatic heterocycles. The Morgan fingerprint density at radius 2 is 1.27 bits per heavy atom. The number of rotatable bonds is 6. The topological polar surface area (TPSA) is 17.1 Å². The SMILES string of the molecule is Cc1cccc(C(CF)C(=O)C(CF)c2cccc(C)c2)c1. The first kappa shape index (κ1) is 16.3. The molecule has 0 fully saturated rings. The molecule has 0 heterocycles. The Morgan fingerprint density at radius 1 is 0.864 bits per heavy atom. The third kappa shape index (κ3) is 3.59. The number of ketones is 1. The van der Waals surface area contributed by atoms with Crippen molar-refractivity contribution in [1.29, 1.82) is 0 Å². The fourth-order valence-electron chi connectivity index (χ4n) is 2.68. The van der Waals surface area contributed by atoms with Crippen molar-refractivity contribution in [1.82, 2.24) is 0 Å². The van der Waals surface area contributed by atoms with Crippen molar-refractivity contribution in [2.24, 2.45) is 0 Å². The quantitative estimate of drug-likeness (QED) is 0.757. The van der Waals surface area contributed by atoms with Gasteiger partial charge in [-0.3, -0.25) is 4.79 Å². The van der Waals surface area contributed by atoms with E-state index in [1.807, 2.05) is 26.0 Å². The second-order valence-electron chi connectivity index (χ2n) is 5.64. The molecule has 0 amide bonds. The number of Topliss-reactive ketones (excluding diaryl/α,β-unsaturated/α-hetero) is 1. The van der Waals surface area contributed by atoms with E-state index in [2.05, 4.69) is 0 Å². The fourth-order valence-corrected chi connectivity index (χ4v) is 2.68. The number of hydrogen-bond donors (Lipinski definition) is 0. The zero-order valence-electron chi connectivity index (χ0n) is 12.9. The molecular formula is C19H20F2O. The monoisotopic (exact) mass is 302 g/mol. The number of hydrogen-bond acceptors (Lipinski definition) is 1. The van der Waals surface area contributed by atoms with E-state index < -0.39 is 31.0 Å². The van der Waals surface area contributed by atoms with Crippen LogP contribution >= 0.6 is 0 Å². The van der Waals surface area contributed by atoms with Gasteiger partial charge in [0.2, 0.25) is 0 Å². The van der Waals surface area contributed by atoms with Crippen molar-refractivity contribution in [3.05, 3.63) is 70.8 Å². The van der Waals surface area contributed by atoms with E-state index >= 15 is 0 Å². The van der Waals surface area contributed by atoms with Crippen molar-refractivity contribution in [2.75, 3.05) is 13.3 Å². The summed E-state index contributed by atoms with van der Waals surface area (Å²) in [5.74, 6) is -2.23. The van der Waals surface area contributed by atoms with Crippen LogP contribution in [-0.4, -0.2) is 19.1 Å². The summed E-state index contributed by atoms with van der Waals surface area (Å²) in [6, 6.07) is 14.4. The first-order valence-corrected chi connectivity index (χ1v) is 7.35. The standard InChI is InChI=1S/C19H20F2O/c1-13-5-3-7-15(9-13)17(11-20)19(22)18(12-21)16-8-4-6-14(2)10-16/h3-10,17-18H,11-12H2,1-2H3. The maximum atomic E-state index is 13.5. The minimum absolute atomic E-state index is 0.402. The minimum Gasteiger partial charge on any atom is -0.298 e. The lowest BCUT2D eigenvalue weighted by molar-refractivity contribution is -0.122. The van der Waals surface area contributed by atoms with Crippen LogP contribution in [0.1, 0.15) is 34.1 Å². The van der Waals surface area contributed by atoms with Crippen LogP contribution in [-0.2, 0) is 4.79 Å². The number of aryl methyl sites for hydroxylation is 2. The number of halogens is 2. The van der Waals surface area contributed by atoms with Gasteiger partial charge < -0.3 is 0 Å². The predicted molar refractivity (Wildman–Crippen MR) is 84.8 cm³/mol. The third-order valence-electron chi connectivity index (χ3n) is 3.88. The van der Waals surface area contributed by atoms with Gasteiger partial charge in [-0.15, -0.1) is 0 Å². The van der Waals surface area contributed by atoms with E-state index in [1.54, 1.807) is 36.4 Å². The normalized spacial score (nSPS) is 13.6. The van der Waals surface area contributed by atoms with Crippen LogP contribution in [0, 0.1) is 13.8 Å². The van der Waals surface area contributed by atoms with Gasteiger partial charge in [-0.2, -0.15) is 0 Å². The summed E-state index contributed by atoms with van der Waals surface area (Å²) < 4.78 is 26.9. The highest BCUT2D eigenvalue weighted by atomic mass is 19.1. The number of alkyl halides is 2. The summed E-state index contributed by atoms with van der Waals surface area (Å²) in [4.78, 5) is 12.6. The van der Waals surface area contributed by atoms with E-state index in [-0.39, 0.29) is 0 Å². The summed E-state index contributed by atoms with van der Waals surface area (Å²) in [5, 5.41) is 0. The van der Waals surface area contributed by atoms with Gasteiger partial charge in [0.25, 0.3) is 0 Å². The highest BCUT2D eigenvalue weighted by molar-refractivity contribution is 5.92. The van der Waals surface area contributed by atoms with Crippen LogP contribution < -0.4 is 0 Å². The third-order valence-corrected chi connectivity index (χ3v) is 3.88. The lowest BCUT2D eigenvalue weighted by atomic mass is 9.84. The minimum atomic E-state index is -0.916. The van der Waals surface area contributed by atoms with E-state index in [0.717, 1.165) is 11.1 Å². The van der Waals surface area contributed by atoms with Crippen molar-refractivity contribution < 1.29 is 13.6 Å². The summed E-state index contributed by atoms with van der Waals surface area (Å²) in [6.45, 7) is 2.14. The van der Waals surface area contributed by atoms with Gasteiger partial charge in [0, 0.05) is 0 Å². The fraction of sp³-hybridized carbons (Fsp3) is 0.316. The molecule has 0 spiro atoms. The molecule has 0 aromatic heterocycles. The molecule has 0 radical (unpaired) electrons. The van der Waals surface area contributed by atoms with E-state index in [9.17, 15) is 13.6 Å². The Labute approximate surface area is 130 Å². The molecule has 0 bridgehead atoms. The maximum Gasteiger partial charge on any atom is 0.153 e. The summed E-state index contributed by atoms with van der Waals surface area (Å²) in [6.07, 6.45) is 0. The second kappa shape index (κ2) is 7.30. The molecule has 3 heteroatoms. The van der Waals surface area contributed by atoms with Gasteiger partial charge in [0.1, 0.15) is 13.3 Å². The molecule has 0 aliphatic rings. The van der Waals surface area contributed by atoms with Crippen LogP contribution in [0.5, 0.6) is 0 Å². The number of carbonyl (C=O) groups excluding carboxylic acids is 1. The molecule has 1 nitrogen and oxygen atoms in total. The van der Waals surface area contributed by atoms with Gasteiger partial charge in [-0.25, -0.2) is 8.78 Å². The molecule has 0 saturated carbocycles. The molecule has 2 aromatic rings. The van der Waals surface area contributed by atoms with Crippen molar-refractivity contribution >= 4 is 5.78 Å². The average molecular weight is 302 g/mol. The molecule has 0 saturated heterocycles. The van der Waals surface area contributed by atoms with Gasteiger partial charge in [0.15, 0.2) is 5.78 Å². The first-order chi connectivity index (χ1) is 10.6. The smallest absolute Gasteiger partial charge is 0.153 e. The van der Waals surface area contributed by atoms with Gasteiger partial charge in [0.05, 0.1) is 11.8 Å². The molecule has 0 N–H and O–H groups in total. The van der Waals surface area contributed by atoms with E-state index in [0.29, 0.717) is 11.1 Å². The Hall–Kier alpha value is -2.03. The largest absolute Gasteiger partial charge is 0.298 e. The molecule has 2 rings (SSSR count). The number of benzene rings is 2.